The monoisotopic (exact) mass is 413 g/mol. The van der Waals surface area contributed by atoms with Crippen LogP contribution >= 0.6 is 0 Å². The summed E-state index contributed by atoms with van der Waals surface area (Å²) in [5.74, 6) is -0.446. The van der Waals surface area contributed by atoms with E-state index in [2.05, 4.69) is 0 Å². The van der Waals surface area contributed by atoms with Crippen molar-refractivity contribution in [1.29, 1.82) is 0 Å². The molecule has 0 spiro atoms. The van der Waals surface area contributed by atoms with Gasteiger partial charge < -0.3 is 4.74 Å². The maximum Gasteiger partial charge on any atom is 0.330 e. The van der Waals surface area contributed by atoms with E-state index in [1.165, 1.54) is 6.08 Å². The molecule has 5 nitrogen and oxygen atoms in total. The molecule has 0 bridgehead atoms. The molecule has 1 aliphatic heterocycles. The molecule has 0 saturated carbocycles. The van der Waals surface area contributed by atoms with Crippen LogP contribution in [0.25, 0.3) is 0 Å². The molecule has 0 aromatic heterocycles. The lowest BCUT2D eigenvalue weighted by atomic mass is 10.0. The molecule has 0 amide bonds. The molecule has 6 heteroatoms. The van der Waals surface area contributed by atoms with Crippen LogP contribution in [0.5, 0.6) is 0 Å². The topological polar surface area (TPSA) is 63.7 Å². The van der Waals surface area contributed by atoms with E-state index < -0.39 is 21.3 Å². The zero-order chi connectivity index (χ0) is 20.9. The first-order valence-corrected chi connectivity index (χ1v) is 11.3. The van der Waals surface area contributed by atoms with Crippen molar-refractivity contribution in [1.82, 2.24) is 4.90 Å². The van der Waals surface area contributed by atoms with Gasteiger partial charge in [0.15, 0.2) is 9.84 Å². The van der Waals surface area contributed by atoms with E-state index in [4.69, 9.17) is 4.74 Å². The summed E-state index contributed by atoms with van der Waals surface area (Å²) < 4.78 is 31.1. The summed E-state index contributed by atoms with van der Waals surface area (Å²) in [5.41, 5.74) is 0.739. The number of aryl methyl sites for hydroxylation is 1. The van der Waals surface area contributed by atoms with E-state index in [9.17, 15) is 13.2 Å². The second-order valence-electron chi connectivity index (χ2n) is 7.56. The zero-order valence-electron chi connectivity index (χ0n) is 16.9. The highest BCUT2D eigenvalue weighted by Crippen LogP contribution is 2.26. The molecule has 1 atom stereocenters. The van der Waals surface area contributed by atoms with Crippen molar-refractivity contribution in [2.24, 2.45) is 0 Å². The van der Waals surface area contributed by atoms with Gasteiger partial charge in [-0.15, -0.1) is 0 Å². The van der Waals surface area contributed by atoms with E-state index in [0.29, 0.717) is 0 Å². The zero-order valence-corrected chi connectivity index (χ0v) is 17.7. The molecule has 0 N–H and O–H groups in total. The number of nitrogens with zero attached hydrogens (tertiary/aromatic N) is 1. The van der Waals surface area contributed by atoms with Gasteiger partial charge in [0, 0.05) is 5.41 Å². The van der Waals surface area contributed by atoms with Gasteiger partial charge in [-0.05, 0) is 63.6 Å². The lowest BCUT2D eigenvalue weighted by Crippen LogP contribution is -2.50. The number of rotatable bonds is 7. The number of esters is 1. The molecule has 1 fully saturated rings. The van der Waals surface area contributed by atoms with Crippen LogP contribution in [0.4, 0.5) is 0 Å². The van der Waals surface area contributed by atoms with Crippen molar-refractivity contribution in [3.8, 4) is 0 Å². The summed E-state index contributed by atoms with van der Waals surface area (Å²) in [4.78, 5) is 15.2. The molecule has 29 heavy (non-hydrogen) atoms. The Kier molecular flexibility index (Phi) is 6.55. The number of hydrogen-bond acceptors (Lipinski definition) is 5. The largest absolute Gasteiger partial charge is 0.459 e. The van der Waals surface area contributed by atoms with E-state index in [0.717, 1.165) is 42.5 Å². The van der Waals surface area contributed by atoms with Gasteiger partial charge in [-0.3, -0.25) is 4.90 Å². The van der Waals surface area contributed by atoms with Gasteiger partial charge in [0.1, 0.15) is 12.1 Å². The Morgan fingerprint density at radius 3 is 2.31 bits per heavy atom. The Morgan fingerprint density at radius 2 is 1.69 bits per heavy atom. The fraction of sp³-hybridized carbons (Fsp3) is 0.348. The van der Waals surface area contributed by atoms with Crippen LogP contribution in [-0.4, -0.2) is 37.9 Å². The van der Waals surface area contributed by atoms with E-state index in [1.54, 1.807) is 31.2 Å². The summed E-state index contributed by atoms with van der Waals surface area (Å²) >= 11 is 0. The number of hydrogen-bond donors (Lipinski definition) is 0. The molecule has 1 saturated heterocycles. The van der Waals surface area contributed by atoms with Crippen LogP contribution in [-0.2, 0) is 26.0 Å². The third kappa shape index (κ3) is 5.14. The molecule has 1 aliphatic rings. The average molecular weight is 414 g/mol. The lowest BCUT2D eigenvalue weighted by Gasteiger charge is -2.33. The smallest absolute Gasteiger partial charge is 0.330 e. The summed E-state index contributed by atoms with van der Waals surface area (Å²) in [5, 5.41) is 1.14. The summed E-state index contributed by atoms with van der Waals surface area (Å²) in [6.07, 6.45) is 3.42. The van der Waals surface area contributed by atoms with Crippen molar-refractivity contribution in [3.63, 3.8) is 0 Å². The molecule has 0 unspecified atom stereocenters. The molecule has 2 aromatic rings. The number of carbonyl (C=O) groups is 1. The first-order chi connectivity index (χ1) is 13.8. The number of ether oxygens (including phenoxy) is 1. The van der Waals surface area contributed by atoms with Crippen molar-refractivity contribution in [2.45, 2.75) is 43.7 Å². The van der Waals surface area contributed by atoms with Crippen molar-refractivity contribution in [2.75, 3.05) is 13.1 Å². The summed E-state index contributed by atoms with van der Waals surface area (Å²) in [7, 11) is -3.66. The Morgan fingerprint density at radius 1 is 1.07 bits per heavy atom. The van der Waals surface area contributed by atoms with E-state index in [1.807, 2.05) is 42.2 Å². The van der Waals surface area contributed by atoms with Gasteiger partial charge in [-0.1, -0.05) is 48.0 Å². The van der Waals surface area contributed by atoms with Crippen molar-refractivity contribution >= 4 is 15.8 Å². The molecule has 0 aliphatic carbocycles. The van der Waals surface area contributed by atoms with Crippen LogP contribution in [0, 0.1) is 6.92 Å². The molecular formula is C23H27NO4S. The number of carbonyl (C=O) groups excluding carboxylic acids is 1. The Labute approximate surface area is 172 Å². The second-order valence-corrected chi connectivity index (χ2v) is 9.40. The van der Waals surface area contributed by atoms with E-state index in [-0.39, 0.29) is 11.5 Å². The van der Waals surface area contributed by atoms with Gasteiger partial charge in [0.25, 0.3) is 0 Å². The minimum atomic E-state index is -3.66. The van der Waals surface area contributed by atoms with Gasteiger partial charge in [-0.25, -0.2) is 13.2 Å². The highest BCUT2D eigenvalue weighted by atomic mass is 32.2. The van der Waals surface area contributed by atoms with Gasteiger partial charge in [0.05, 0.1) is 4.90 Å². The molecule has 0 radical (unpaired) electrons. The quantitative estimate of drug-likeness (QED) is 0.645. The average Bonchev–Trinajstić information content (AvgIpc) is 3.27. The van der Waals surface area contributed by atoms with Gasteiger partial charge >= 0.3 is 5.97 Å². The van der Waals surface area contributed by atoms with Crippen LogP contribution < -0.4 is 0 Å². The highest BCUT2D eigenvalue weighted by molar-refractivity contribution is 7.94. The first kappa shape index (κ1) is 21.3. The first-order valence-electron chi connectivity index (χ1n) is 9.78. The maximum absolute atomic E-state index is 13.0. The summed E-state index contributed by atoms with van der Waals surface area (Å²) in [6, 6.07) is 16.1. The summed E-state index contributed by atoms with van der Waals surface area (Å²) in [6.45, 7) is 5.24. The molecule has 154 valence electrons. The maximum atomic E-state index is 13.0. The fourth-order valence-electron chi connectivity index (χ4n) is 3.38. The lowest BCUT2D eigenvalue weighted by molar-refractivity contribution is -0.155. The normalized spacial score (nSPS) is 17.3. The predicted octanol–water partition coefficient (Wildman–Crippen LogP) is 3.88. The number of likely N-dealkylation sites (tertiary alicyclic amines) is 1. The minimum absolute atomic E-state index is 0.154. The Hall–Kier alpha value is -2.44. The van der Waals surface area contributed by atoms with Crippen molar-refractivity contribution < 1.29 is 17.9 Å². The van der Waals surface area contributed by atoms with Crippen LogP contribution in [0.1, 0.15) is 30.9 Å². The number of sulfone groups is 1. The third-order valence-corrected chi connectivity index (χ3v) is 6.73. The third-order valence-electron chi connectivity index (χ3n) is 5.31. The Balaban J connectivity index is 1.82. The Bertz CT molecular complexity index is 962. The van der Waals surface area contributed by atoms with Crippen LogP contribution in [0.3, 0.4) is 0 Å². The minimum Gasteiger partial charge on any atom is -0.459 e. The molecule has 2 aromatic carbocycles. The predicted molar refractivity (Wildman–Crippen MR) is 113 cm³/mol. The van der Waals surface area contributed by atoms with Crippen molar-refractivity contribution in [3.05, 3.63) is 77.2 Å². The molecule has 1 heterocycles. The standard InChI is InChI=1S/C23H27NO4S/c1-19-10-12-21(13-11-19)29(26,27)17-14-23(2,24-15-6-7-16-24)22(25)28-18-20-8-4-3-5-9-20/h3-5,8-14,17H,6-7,15-16,18H2,1-2H3/b17-14+/t23-/m0/s1. The van der Waals surface area contributed by atoms with Gasteiger partial charge in [0.2, 0.25) is 0 Å². The highest BCUT2D eigenvalue weighted by Gasteiger charge is 2.40. The van der Waals surface area contributed by atoms with Crippen LogP contribution in [0.15, 0.2) is 71.0 Å². The molecule has 3 rings (SSSR count). The van der Waals surface area contributed by atoms with Crippen LogP contribution in [0.2, 0.25) is 0 Å². The van der Waals surface area contributed by atoms with E-state index >= 15 is 0 Å². The fourth-order valence-corrected chi connectivity index (χ4v) is 4.50. The van der Waals surface area contributed by atoms with Gasteiger partial charge in [-0.2, -0.15) is 0 Å². The molecular weight excluding hydrogens is 386 g/mol. The number of benzene rings is 2. The SMILES string of the molecule is Cc1ccc(S(=O)(=O)/C=C/[C@@](C)(C(=O)OCc2ccccc2)N2CCCC2)cc1. The second kappa shape index (κ2) is 8.93.